The average molecular weight is 473 g/mol. The number of fused-ring (bicyclic) bond motifs is 5. The molecule has 0 saturated heterocycles. The van der Waals surface area contributed by atoms with Crippen molar-refractivity contribution >= 4 is 31.4 Å². The fourth-order valence-electron chi connectivity index (χ4n) is 4.82. The van der Waals surface area contributed by atoms with Crippen LogP contribution in [-0.4, -0.2) is 15.0 Å². The van der Waals surface area contributed by atoms with Crippen molar-refractivity contribution in [2.75, 3.05) is 6.61 Å². The van der Waals surface area contributed by atoms with Crippen LogP contribution in [0.2, 0.25) is 0 Å². The first kappa shape index (κ1) is 22.4. The number of aryl methyl sites for hydroxylation is 1. The minimum atomic E-state index is -3.57. The molecule has 0 fully saturated rings. The number of hydrogen-bond donors (Lipinski definition) is 0. The van der Waals surface area contributed by atoms with E-state index in [9.17, 15) is 12.8 Å². The highest BCUT2D eigenvalue weighted by atomic mass is 32.2. The van der Waals surface area contributed by atoms with E-state index in [-0.39, 0.29) is 4.90 Å². The lowest BCUT2D eigenvalue weighted by Crippen LogP contribution is -2.19. The Morgan fingerprint density at radius 2 is 1.62 bits per heavy atom. The van der Waals surface area contributed by atoms with E-state index >= 15 is 0 Å². The van der Waals surface area contributed by atoms with E-state index in [4.69, 9.17) is 4.74 Å². The number of ether oxygens (including phenoxy) is 1. The van der Waals surface area contributed by atoms with E-state index in [1.807, 2.05) is 36.4 Å². The first-order valence-electron chi connectivity index (χ1n) is 11.4. The van der Waals surface area contributed by atoms with Crippen molar-refractivity contribution in [3.05, 3.63) is 114 Å². The molecular weight excluding hydrogens is 447 g/mol. The van der Waals surface area contributed by atoms with Gasteiger partial charge in [0.05, 0.1) is 16.4 Å². The van der Waals surface area contributed by atoms with Crippen molar-refractivity contribution < 1.29 is 17.5 Å². The lowest BCUT2D eigenvalue weighted by atomic mass is 9.86. The van der Waals surface area contributed by atoms with Gasteiger partial charge in [0.2, 0.25) is 0 Å². The predicted octanol–water partition coefficient (Wildman–Crippen LogP) is 7.07. The maximum Gasteiger partial charge on any atom is 0.185 e. The van der Waals surface area contributed by atoms with Gasteiger partial charge in [-0.05, 0) is 88.4 Å². The molecule has 34 heavy (non-hydrogen) atoms. The number of allylic oxidation sites excluding steroid dienone is 2. The van der Waals surface area contributed by atoms with Gasteiger partial charge in [0.25, 0.3) is 0 Å². The third-order valence-corrected chi connectivity index (χ3v) is 8.61. The van der Waals surface area contributed by atoms with Gasteiger partial charge in [-0.25, -0.2) is 12.8 Å². The molecule has 172 valence electrons. The van der Waals surface area contributed by atoms with Gasteiger partial charge in [0.1, 0.15) is 12.4 Å². The molecule has 4 aromatic carbocycles. The summed E-state index contributed by atoms with van der Waals surface area (Å²) < 4.78 is 44.6. The molecule has 0 radical (unpaired) electrons. The Bertz CT molecular complexity index is 1490. The Morgan fingerprint density at radius 3 is 2.32 bits per heavy atom. The molecule has 1 aliphatic carbocycles. The third-order valence-electron chi connectivity index (χ3n) is 6.44. The number of halogens is 1. The van der Waals surface area contributed by atoms with Crippen LogP contribution in [0, 0.1) is 5.82 Å². The molecule has 5 heteroatoms. The minimum Gasteiger partial charge on any atom is -0.497 e. The number of hydrogen-bond acceptors (Lipinski definition) is 3. The van der Waals surface area contributed by atoms with E-state index in [1.54, 1.807) is 6.26 Å². The molecule has 1 heterocycles. The van der Waals surface area contributed by atoms with E-state index in [1.165, 1.54) is 35.0 Å². The van der Waals surface area contributed by atoms with Gasteiger partial charge >= 0.3 is 0 Å². The standard InChI is InChI=1S/C24H19FO2S.C5H6O/c25-17-9-11-18(12-10-17)28(26,27)24-7-3-6-20-22-13-8-16-4-1-2-5-19(16)21(22)14-15-23(20)24;1-2-4-6-5-3-1/h1-2,4-5,8-15,24H,3,6-7H2;1-4H,5H2. The molecule has 0 amide bonds. The zero-order chi connectivity index (χ0) is 23.5. The highest BCUT2D eigenvalue weighted by Gasteiger charge is 2.33. The van der Waals surface area contributed by atoms with E-state index in [0.717, 1.165) is 41.3 Å². The molecule has 2 aliphatic rings. The van der Waals surface area contributed by atoms with Crippen molar-refractivity contribution in [3.8, 4) is 0 Å². The largest absolute Gasteiger partial charge is 0.497 e. The van der Waals surface area contributed by atoms with Crippen LogP contribution in [0.25, 0.3) is 21.5 Å². The second-order valence-corrected chi connectivity index (χ2v) is 10.6. The normalized spacial score (nSPS) is 17.0. The molecule has 1 atom stereocenters. The van der Waals surface area contributed by atoms with Gasteiger partial charge in [-0.3, -0.25) is 0 Å². The van der Waals surface area contributed by atoms with Crippen LogP contribution in [0.15, 0.2) is 102 Å². The summed E-state index contributed by atoms with van der Waals surface area (Å²) in [7, 11) is -3.57. The molecule has 3 nitrogen and oxygen atoms in total. The van der Waals surface area contributed by atoms with E-state index in [2.05, 4.69) is 30.3 Å². The second-order valence-electron chi connectivity index (χ2n) is 8.48. The van der Waals surface area contributed by atoms with Gasteiger partial charge in [0, 0.05) is 0 Å². The van der Waals surface area contributed by atoms with Crippen LogP contribution in [0.1, 0.15) is 29.2 Å². The summed E-state index contributed by atoms with van der Waals surface area (Å²) in [5.74, 6) is -0.430. The first-order valence-corrected chi connectivity index (χ1v) is 13.0. The Labute approximate surface area is 199 Å². The number of benzene rings is 4. The SMILES string of the molecule is C1=CCOC=C1.O=S(=O)(c1ccc(F)cc1)C1CCCc2c1ccc1c2ccc2ccccc21. The Morgan fingerprint density at radius 1 is 0.824 bits per heavy atom. The van der Waals surface area contributed by atoms with Crippen LogP contribution in [-0.2, 0) is 21.0 Å². The molecule has 0 spiro atoms. The van der Waals surface area contributed by atoms with Gasteiger partial charge in [-0.2, -0.15) is 0 Å². The molecule has 0 N–H and O–H groups in total. The van der Waals surface area contributed by atoms with Crippen LogP contribution < -0.4 is 0 Å². The van der Waals surface area contributed by atoms with E-state index < -0.39 is 20.9 Å². The Hall–Kier alpha value is -3.44. The molecule has 0 bridgehead atoms. The van der Waals surface area contributed by atoms with Crippen LogP contribution >= 0.6 is 0 Å². The topological polar surface area (TPSA) is 43.4 Å². The quantitative estimate of drug-likeness (QED) is 0.231. The maximum atomic E-state index is 13.3. The molecule has 1 aliphatic heterocycles. The fourth-order valence-corrected chi connectivity index (χ4v) is 6.70. The summed E-state index contributed by atoms with van der Waals surface area (Å²) in [6.45, 7) is 0.733. The van der Waals surface area contributed by atoms with Crippen molar-refractivity contribution in [2.24, 2.45) is 0 Å². The maximum absolute atomic E-state index is 13.3. The van der Waals surface area contributed by atoms with Crippen molar-refractivity contribution in [1.29, 1.82) is 0 Å². The number of sulfone groups is 1. The van der Waals surface area contributed by atoms with Gasteiger partial charge in [-0.15, -0.1) is 0 Å². The summed E-state index contributed by atoms with van der Waals surface area (Å²) in [5, 5.41) is 4.08. The molecule has 4 aromatic rings. The van der Waals surface area contributed by atoms with Gasteiger partial charge < -0.3 is 4.74 Å². The molecule has 0 saturated carbocycles. The highest BCUT2D eigenvalue weighted by molar-refractivity contribution is 7.91. The summed E-state index contributed by atoms with van der Waals surface area (Å²) in [5.41, 5.74) is 2.02. The van der Waals surface area contributed by atoms with Crippen LogP contribution in [0.4, 0.5) is 4.39 Å². The molecule has 0 aromatic heterocycles. The molecular formula is C29H25FO3S. The van der Waals surface area contributed by atoms with Crippen LogP contribution in [0.5, 0.6) is 0 Å². The summed E-state index contributed by atoms with van der Waals surface area (Å²) in [6, 6.07) is 21.7. The predicted molar refractivity (Wildman–Crippen MR) is 135 cm³/mol. The monoisotopic (exact) mass is 472 g/mol. The van der Waals surface area contributed by atoms with Gasteiger partial charge in [-0.1, -0.05) is 54.6 Å². The smallest absolute Gasteiger partial charge is 0.185 e. The molecule has 1 unspecified atom stereocenters. The van der Waals surface area contributed by atoms with Crippen molar-refractivity contribution in [1.82, 2.24) is 0 Å². The fraction of sp³-hybridized carbons (Fsp3) is 0.172. The van der Waals surface area contributed by atoms with E-state index in [0.29, 0.717) is 6.42 Å². The van der Waals surface area contributed by atoms with Crippen molar-refractivity contribution in [2.45, 2.75) is 29.4 Å². The van der Waals surface area contributed by atoms with Gasteiger partial charge in [0.15, 0.2) is 9.84 Å². The van der Waals surface area contributed by atoms with Crippen LogP contribution in [0.3, 0.4) is 0 Å². The third kappa shape index (κ3) is 4.24. The average Bonchev–Trinajstić information content (AvgIpc) is 2.89. The summed E-state index contributed by atoms with van der Waals surface area (Å²) >= 11 is 0. The lowest BCUT2D eigenvalue weighted by molar-refractivity contribution is 0.286. The minimum absolute atomic E-state index is 0.186. The summed E-state index contributed by atoms with van der Waals surface area (Å²) in [4.78, 5) is 0.186. The Kier molecular flexibility index (Phi) is 6.20. The molecule has 6 rings (SSSR count). The zero-order valence-corrected chi connectivity index (χ0v) is 19.5. The lowest BCUT2D eigenvalue weighted by Gasteiger charge is -2.27. The summed E-state index contributed by atoms with van der Waals surface area (Å²) in [6.07, 6.45) is 9.75. The highest BCUT2D eigenvalue weighted by Crippen LogP contribution is 2.42. The van der Waals surface area contributed by atoms with Crippen molar-refractivity contribution in [3.63, 3.8) is 0 Å². The number of rotatable bonds is 2. The first-order chi connectivity index (χ1) is 16.6. The second kappa shape index (κ2) is 9.43. The zero-order valence-electron chi connectivity index (χ0n) is 18.7. The Balaban J connectivity index is 0.000000351.